The molecule has 1 aliphatic heterocycles. The quantitative estimate of drug-likeness (QED) is 0.781. The summed E-state index contributed by atoms with van der Waals surface area (Å²) < 4.78 is 0. The molecule has 0 radical (unpaired) electrons. The number of amides is 1. The number of hydrogen-bond donors (Lipinski definition) is 2. The maximum atomic E-state index is 11.7. The molecule has 0 aromatic carbocycles. The van der Waals surface area contributed by atoms with Gasteiger partial charge in [0.25, 0.3) is 5.91 Å². The number of nitrogens with one attached hydrogen (secondary N) is 1. The zero-order valence-corrected chi connectivity index (χ0v) is 9.09. The predicted molar refractivity (Wildman–Crippen MR) is 61.8 cm³/mol. The first-order valence-corrected chi connectivity index (χ1v) is 6.01. The number of rotatable bonds is 2. The fourth-order valence-electron chi connectivity index (χ4n) is 1.46. The lowest BCUT2D eigenvalue weighted by Crippen LogP contribution is -2.34. The Hall–Kier alpha value is -1.23. The van der Waals surface area contributed by atoms with E-state index in [2.05, 4.69) is 10.3 Å². The van der Waals surface area contributed by atoms with Crippen molar-refractivity contribution in [2.45, 2.75) is 12.5 Å². The van der Waals surface area contributed by atoms with E-state index in [4.69, 9.17) is 5.73 Å². The smallest absolute Gasteiger partial charge is 0.253 e. The van der Waals surface area contributed by atoms with Crippen LogP contribution in [-0.2, 0) is 0 Å². The van der Waals surface area contributed by atoms with E-state index in [1.165, 1.54) is 6.20 Å². The number of nitrogen functional groups attached to an aromatic ring is 1. The summed E-state index contributed by atoms with van der Waals surface area (Å²) in [5, 5.41) is 2.97. The van der Waals surface area contributed by atoms with Crippen LogP contribution in [0.2, 0.25) is 0 Å². The molecule has 2 rings (SSSR count). The number of thioether (sulfide) groups is 1. The maximum Gasteiger partial charge on any atom is 0.253 e. The van der Waals surface area contributed by atoms with Crippen molar-refractivity contribution in [3.05, 3.63) is 23.9 Å². The normalized spacial score (nSPS) is 20.1. The Balaban J connectivity index is 1.98. The van der Waals surface area contributed by atoms with E-state index in [1.807, 2.05) is 11.8 Å². The first-order chi connectivity index (χ1) is 7.25. The Morgan fingerprint density at radius 1 is 1.60 bits per heavy atom. The molecule has 0 aliphatic carbocycles. The molecule has 1 unspecified atom stereocenters. The van der Waals surface area contributed by atoms with E-state index in [0.29, 0.717) is 17.4 Å². The van der Waals surface area contributed by atoms with Crippen molar-refractivity contribution in [3.8, 4) is 0 Å². The largest absolute Gasteiger partial charge is 0.384 e. The molecule has 1 aliphatic rings. The van der Waals surface area contributed by atoms with Gasteiger partial charge in [0.1, 0.15) is 5.82 Å². The van der Waals surface area contributed by atoms with Crippen molar-refractivity contribution in [2.75, 3.05) is 17.2 Å². The highest BCUT2D eigenvalue weighted by Crippen LogP contribution is 2.17. The zero-order chi connectivity index (χ0) is 10.7. The Morgan fingerprint density at radius 3 is 3.07 bits per heavy atom. The van der Waals surface area contributed by atoms with E-state index in [1.54, 1.807) is 12.1 Å². The highest BCUT2D eigenvalue weighted by atomic mass is 32.2. The summed E-state index contributed by atoms with van der Waals surface area (Å²) in [7, 11) is 0. The van der Waals surface area contributed by atoms with E-state index >= 15 is 0 Å². The van der Waals surface area contributed by atoms with Gasteiger partial charge >= 0.3 is 0 Å². The summed E-state index contributed by atoms with van der Waals surface area (Å²) in [6, 6.07) is 3.64. The minimum Gasteiger partial charge on any atom is -0.384 e. The van der Waals surface area contributed by atoms with Crippen LogP contribution >= 0.6 is 11.8 Å². The summed E-state index contributed by atoms with van der Waals surface area (Å²) in [4.78, 5) is 15.6. The van der Waals surface area contributed by atoms with Crippen LogP contribution in [-0.4, -0.2) is 28.4 Å². The molecule has 2 heterocycles. The Kier molecular flexibility index (Phi) is 3.11. The standard InChI is InChI=1S/C10H13N3OS/c11-9-2-1-7(5-12-9)10(14)13-8-3-4-15-6-8/h1-2,5,8H,3-4,6H2,(H2,11,12)(H,13,14). The summed E-state index contributed by atoms with van der Waals surface area (Å²) >= 11 is 1.87. The van der Waals surface area contributed by atoms with Crippen molar-refractivity contribution in [1.82, 2.24) is 10.3 Å². The van der Waals surface area contributed by atoms with Gasteiger partial charge in [-0.1, -0.05) is 0 Å². The molecule has 80 valence electrons. The van der Waals surface area contributed by atoms with E-state index in [9.17, 15) is 4.79 Å². The molecule has 1 amide bonds. The number of anilines is 1. The molecule has 1 saturated heterocycles. The molecule has 0 bridgehead atoms. The fraction of sp³-hybridized carbons (Fsp3) is 0.400. The molecule has 5 heteroatoms. The highest BCUT2D eigenvalue weighted by molar-refractivity contribution is 7.99. The van der Waals surface area contributed by atoms with Gasteiger partial charge in [0.15, 0.2) is 0 Å². The monoisotopic (exact) mass is 223 g/mol. The summed E-state index contributed by atoms with van der Waals surface area (Å²) in [5.74, 6) is 2.51. The molecule has 1 aromatic rings. The second kappa shape index (κ2) is 4.53. The van der Waals surface area contributed by atoms with Crippen molar-refractivity contribution >= 4 is 23.5 Å². The van der Waals surface area contributed by atoms with Gasteiger partial charge in [0.2, 0.25) is 0 Å². The Morgan fingerprint density at radius 2 is 2.47 bits per heavy atom. The van der Waals surface area contributed by atoms with Crippen LogP contribution < -0.4 is 11.1 Å². The molecule has 1 atom stereocenters. The first kappa shape index (κ1) is 10.3. The van der Waals surface area contributed by atoms with Crippen LogP contribution in [0.5, 0.6) is 0 Å². The van der Waals surface area contributed by atoms with Crippen molar-refractivity contribution in [3.63, 3.8) is 0 Å². The van der Waals surface area contributed by atoms with Gasteiger partial charge in [0.05, 0.1) is 5.56 Å². The molecule has 0 spiro atoms. The van der Waals surface area contributed by atoms with Crippen LogP contribution in [0.15, 0.2) is 18.3 Å². The van der Waals surface area contributed by atoms with Crippen LogP contribution in [0.1, 0.15) is 16.8 Å². The van der Waals surface area contributed by atoms with Gasteiger partial charge in [-0.15, -0.1) is 0 Å². The number of aromatic nitrogens is 1. The molecular weight excluding hydrogens is 210 g/mol. The molecule has 0 saturated carbocycles. The second-order valence-corrected chi connectivity index (χ2v) is 4.66. The minimum atomic E-state index is -0.0602. The first-order valence-electron chi connectivity index (χ1n) is 4.86. The van der Waals surface area contributed by atoms with Crippen LogP contribution in [0.25, 0.3) is 0 Å². The van der Waals surface area contributed by atoms with Crippen molar-refractivity contribution in [2.24, 2.45) is 0 Å². The summed E-state index contributed by atoms with van der Waals surface area (Å²) in [6.07, 6.45) is 2.56. The number of hydrogen-bond acceptors (Lipinski definition) is 4. The zero-order valence-electron chi connectivity index (χ0n) is 8.27. The third-order valence-corrected chi connectivity index (χ3v) is 3.48. The van der Waals surface area contributed by atoms with Gasteiger partial charge in [-0.25, -0.2) is 4.98 Å². The van der Waals surface area contributed by atoms with Crippen LogP contribution in [0.4, 0.5) is 5.82 Å². The Labute approximate surface area is 92.6 Å². The lowest BCUT2D eigenvalue weighted by atomic mass is 10.2. The number of nitrogens with zero attached hydrogens (tertiary/aromatic N) is 1. The molecular formula is C10H13N3OS. The number of nitrogens with two attached hydrogens (primary N) is 1. The third-order valence-electron chi connectivity index (χ3n) is 2.31. The Bertz CT molecular complexity index is 346. The molecule has 1 fully saturated rings. The van der Waals surface area contributed by atoms with E-state index in [-0.39, 0.29) is 5.91 Å². The number of carbonyl (C=O) groups is 1. The van der Waals surface area contributed by atoms with Crippen molar-refractivity contribution in [1.29, 1.82) is 0 Å². The second-order valence-electron chi connectivity index (χ2n) is 3.51. The van der Waals surface area contributed by atoms with Gasteiger partial charge in [-0.05, 0) is 24.3 Å². The topological polar surface area (TPSA) is 68.0 Å². The summed E-state index contributed by atoms with van der Waals surface area (Å²) in [6.45, 7) is 0. The van der Waals surface area contributed by atoms with E-state index < -0.39 is 0 Å². The van der Waals surface area contributed by atoms with Gasteiger partial charge in [-0.2, -0.15) is 11.8 Å². The van der Waals surface area contributed by atoms with Gasteiger partial charge < -0.3 is 11.1 Å². The average molecular weight is 223 g/mol. The number of carbonyl (C=O) groups excluding carboxylic acids is 1. The molecule has 15 heavy (non-hydrogen) atoms. The van der Waals surface area contributed by atoms with Crippen molar-refractivity contribution < 1.29 is 4.79 Å². The summed E-state index contributed by atoms with van der Waals surface area (Å²) in [5.41, 5.74) is 6.01. The number of pyridine rings is 1. The van der Waals surface area contributed by atoms with Gasteiger partial charge in [0, 0.05) is 18.0 Å². The van der Waals surface area contributed by atoms with Gasteiger partial charge in [-0.3, -0.25) is 4.79 Å². The maximum absolute atomic E-state index is 11.7. The lowest BCUT2D eigenvalue weighted by molar-refractivity contribution is 0.0941. The fourth-order valence-corrected chi connectivity index (χ4v) is 2.61. The highest BCUT2D eigenvalue weighted by Gasteiger charge is 2.18. The third kappa shape index (κ3) is 2.62. The van der Waals surface area contributed by atoms with Crippen LogP contribution in [0.3, 0.4) is 0 Å². The van der Waals surface area contributed by atoms with E-state index in [0.717, 1.165) is 17.9 Å². The lowest BCUT2D eigenvalue weighted by Gasteiger charge is -2.10. The average Bonchev–Trinajstić information content (AvgIpc) is 2.71. The minimum absolute atomic E-state index is 0.0602. The molecule has 4 nitrogen and oxygen atoms in total. The predicted octanol–water partition coefficient (Wildman–Crippen LogP) is 0.899. The SMILES string of the molecule is Nc1ccc(C(=O)NC2CCSC2)cn1. The molecule has 1 aromatic heterocycles. The van der Waals surface area contributed by atoms with Crippen LogP contribution in [0, 0.1) is 0 Å². The molecule has 3 N–H and O–H groups in total.